The number of rotatable bonds is 8. The number of nitrogen functional groups attached to an aromatic ring is 1. The van der Waals surface area contributed by atoms with Gasteiger partial charge in [-0.15, -0.1) is 12.4 Å². The van der Waals surface area contributed by atoms with E-state index in [1.807, 2.05) is 0 Å². The molecule has 0 saturated carbocycles. The third-order valence-electron chi connectivity index (χ3n) is 2.98. The van der Waals surface area contributed by atoms with Crippen LogP contribution in [0.15, 0.2) is 18.2 Å². The molecule has 0 aliphatic rings. The lowest BCUT2D eigenvalue weighted by Gasteiger charge is -2.22. The van der Waals surface area contributed by atoms with Gasteiger partial charge in [-0.1, -0.05) is 13.8 Å². The first-order valence-corrected chi connectivity index (χ1v) is 6.57. The third-order valence-corrected chi connectivity index (χ3v) is 2.98. The summed E-state index contributed by atoms with van der Waals surface area (Å²) in [5.74, 6) is 1.17. The molecule has 0 aliphatic carbocycles. The average molecular weight is 305 g/mol. The lowest BCUT2D eigenvalue weighted by atomic mass is 10.3. The van der Waals surface area contributed by atoms with Crippen molar-refractivity contribution in [2.24, 2.45) is 0 Å². The van der Waals surface area contributed by atoms with E-state index < -0.39 is 6.10 Å². The minimum atomic E-state index is -0.526. The highest BCUT2D eigenvalue weighted by molar-refractivity contribution is 5.85. The van der Waals surface area contributed by atoms with E-state index >= 15 is 0 Å². The molecule has 1 aromatic rings. The Balaban J connectivity index is 0.00000361. The second kappa shape index (κ2) is 9.69. The molecule has 0 aliphatic heterocycles. The maximum absolute atomic E-state index is 9.93. The molecule has 1 atom stereocenters. The molecule has 6 heteroatoms. The molecule has 0 saturated heterocycles. The Morgan fingerprint density at radius 1 is 1.25 bits per heavy atom. The summed E-state index contributed by atoms with van der Waals surface area (Å²) in [6, 6.07) is 5.19. The van der Waals surface area contributed by atoms with Gasteiger partial charge < -0.3 is 25.2 Å². The summed E-state index contributed by atoms with van der Waals surface area (Å²) in [7, 11) is 1.56. The van der Waals surface area contributed by atoms with Crippen molar-refractivity contribution in [3.05, 3.63) is 18.2 Å². The molecule has 0 aromatic heterocycles. The number of hydrogen-bond donors (Lipinski definition) is 2. The van der Waals surface area contributed by atoms with Crippen LogP contribution in [-0.4, -0.2) is 49.5 Å². The molecular weight excluding hydrogens is 280 g/mol. The summed E-state index contributed by atoms with van der Waals surface area (Å²) in [5.41, 5.74) is 6.29. The molecule has 0 amide bonds. The van der Waals surface area contributed by atoms with Crippen LogP contribution in [0.25, 0.3) is 0 Å². The second-order valence-electron chi connectivity index (χ2n) is 4.36. The second-order valence-corrected chi connectivity index (χ2v) is 4.36. The van der Waals surface area contributed by atoms with Crippen LogP contribution < -0.4 is 15.2 Å². The molecule has 20 heavy (non-hydrogen) atoms. The molecule has 1 rings (SSSR count). The maximum atomic E-state index is 9.93. The van der Waals surface area contributed by atoms with Crippen LogP contribution in [0.5, 0.6) is 11.5 Å². The zero-order chi connectivity index (χ0) is 14.3. The number of nitrogens with zero attached hydrogens (tertiary/aromatic N) is 1. The molecule has 0 spiro atoms. The molecular formula is C14H25ClN2O3. The van der Waals surface area contributed by atoms with Crippen LogP contribution >= 0.6 is 12.4 Å². The number of anilines is 1. The molecule has 1 aromatic carbocycles. The predicted octanol–water partition coefficient (Wildman–Crippen LogP) is 1.78. The summed E-state index contributed by atoms with van der Waals surface area (Å²) in [6.07, 6.45) is -0.526. The number of benzene rings is 1. The van der Waals surface area contributed by atoms with Gasteiger partial charge >= 0.3 is 0 Å². The Labute approximate surface area is 127 Å². The van der Waals surface area contributed by atoms with Crippen molar-refractivity contribution in [3.63, 3.8) is 0 Å². The predicted molar refractivity (Wildman–Crippen MR) is 83.9 cm³/mol. The normalized spacial score (nSPS) is 11.8. The van der Waals surface area contributed by atoms with Crippen molar-refractivity contribution in [3.8, 4) is 11.5 Å². The van der Waals surface area contributed by atoms with Crippen LogP contribution in [-0.2, 0) is 0 Å². The number of likely N-dealkylation sites (N-methyl/N-ethyl adjacent to an activating group) is 1. The summed E-state index contributed by atoms with van der Waals surface area (Å²) in [6.45, 7) is 6.80. The Kier molecular flexibility index (Phi) is 9.12. The summed E-state index contributed by atoms with van der Waals surface area (Å²) >= 11 is 0. The SMILES string of the molecule is CCN(CC)C[C@@H](O)COc1ccc(N)cc1OC.Cl. The van der Waals surface area contributed by atoms with Gasteiger partial charge in [0.2, 0.25) is 0 Å². The molecule has 0 fully saturated rings. The van der Waals surface area contributed by atoms with E-state index in [1.165, 1.54) is 0 Å². The Morgan fingerprint density at radius 2 is 1.90 bits per heavy atom. The highest BCUT2D eigenvalue weighted by Gasteiger charge is 2.11. The Morgan fingerprint density at radius 3 is 2.45 bits per heavy atom. The highest BCUT2D eigenvalue weighted by Crippen LogP contribution is 2.28. The number of aliphatic hydroxyl groups excluding tert-OH is 1. The third kappa shape index (κ3) is 5.86. The van der Waals surface area contributed by atoms with Crippen molar-refractivity contribution in [2.45, 2.75) is 20.0 Å². The molecule has 0 radical (unpaired) electrons. The fraction of sp³-hybridized carbons (Fsp3) is 0.571. The minimum Gasteiger partial charge on any atom is -0.493 e. The number of hydrogen-bond acceptors (Lipinski definition) is 5. The first-order chi connectivity index (χ1) is 9.10. The summed E-state index contributed by atoms with van der Waals surface area (Å²) < 4.78 is 10.8. The average Bonchev–Trinajstić information content (AvgIpc) is 2.43. The van der Waals surface area contributed by atoms with Crippen LogP contribution in [0, 0.1) is 0 Å². The summed E-state index contributed by atoms with van der Waals surface area (Å²) in [4.78, 5) is 2.15. The first-order valence-electron chi connectivity index (χ1n) is 6.57. The first kappa shape index (κ1) is 18.8. The standard InChI is InChI=1S/C14H24N2O3.ClH/c1-4-16(5-2)9-12(17)10-19-13-7-6-11(15)8-14(13)18-3;/h6-8,12,17H,4-5,9-10,15H2,1-3H3;1H/t12-;/m1./s1. The van der Waals surface area contributed by atoms with E-state index in [4.69, 9.17) is 15.2 Å². The van der Waals surface area contributed by atoms with Gasteiger partial charge in [0.1, 0.15) is 12.7 Å². The Hall–Kier alpha value is -1.17. The van der Waals surface area contributed by atoms with Gasteiger partial charge in [-0.3, -0.25) is 0 Å². The van der Waals surface area contributed by atoms with Gasteiger partial charge in [0.25, 0.3) is 0 Å². The van der Waals surface area contributed by atoms with E-state index in [0.29, 0.717) is 23.7 Å². The molecule has 116 valence electrons. The van der Waals surface area contributed by atoms with Gasteiger partial charge in [-0.25, -0.2) is 0 Å². The van der Waals surface area contributed by atoms with Crippen molar-refractivity contribution in [1.82, 2.24) is 4.90 Å². The lowest BCUT2D eigenvalue weighted by Crippen LogP contribution is -2.35. The van der Waals surface area contributed by atoms with E-state index in [2.05, 4.69) is 18.7 Å². The van der Waals surface area contributed by atoms with E-state index in [1.54, 1.807) is 25.3 Å². The number of aliphatic hydroxyl groups is 1. The highest BCUT2D eigenvalue weighted by atomic mass is 35.5. The van der Waals surface area contributed by atoms with E-state index in [-0.39, 0.29) is 19.0 Å². The molecule has 5 nitrogen and oxygen atoms in total. The zero-order valence-corrected chi connectivity index (χ0v) is 13.2. The van der Waals surface area contributed by atoms with Crippen LogP contribution in [0.2, 0.25) is 0 Å². The smallest absolute Gasteiger partial charge is 0.162 e. The quantitative estimate of drug-likeness (QED) is 0.717. The molecule has 0 bridgehead atoms. The Bertz CT molecular complexity index is 387. The monoisotopic (exact) mass is 304 g/mol. The molecule has 3 N–H and O–H groups in total. The number of halogens is 1. The van der Waals surface area contributed by atoms with E-state index in [0.717, 1.165) is 13.1 Å². The van der Waals surface area contributed by atoms with Crippen molar-refractivity contribution >= 4 is 18.1 Å². The summed E-state index contributed by atoms with van der Waals surface area (Å²) in [5, 5.41) is 9.93. The van der Waals surface area contributed by atoms with E-state index in [9.17, 15) is 5.11 Å². The van der Waals surface area contributed by atoms with Crippen LogP contribution in [0.1, 0.15) is 13.8 Å². The van der Waals surface area contributed by atoms with Gasteiger partial charge in [-0.2, -0.15) is 0 Å². The fourth-order valence-corrected chi connectivity index (χ4v) is 1.82. The van der Waals surface area contributed by atoms with Gasteiger partial charge in [0.15, 0.2) is 11.5 Å². The van der Waals surface area contributed by atoms with Crippen molar-refractivity contribution in [1.29, 1.82) is 0 Å². The lowest BCUT2D eigenvalue weighted by molar-refractivity contribution is 0.0706. The number of ether oxygens (including phenoxy) is 2. The topological polar surface area (TPSA) is 68.0 Å². The zero-order valence-electron chi connectivity index (χ0n) is 12.3. The van der Waals surface area contributed by atoms with Gasteiger partial charge in [-0.05, 0) is 25.2 Å². The van der Waals surface area contributed by atoms with Crippen LogP contribution in [0.3, 0.4) is 0 Å². The number of nitrogens with two attached hydrogens (primary N) is 1. The number of methoxy groups -OCH3 is 1. The molecule has 0 heterocycles. The minimum absolute atomic E-state index is 0. The van der Waals surface area contributed by atoms with Gasteiger partial charge in [0, 0.05) is 18.3 Å². The molecule has 0 unspecified atom stereocenters. The van der Waals surface area contributed by atoms with Crippen molar-refractivity contribution < 1.29 is 14.6 Å². The van der Waals surface area contributed by atoms with Crippen LogP contribution in [0.4, 0.5) is 5.69 Å². The van der Waals surface area contributed by atoms with Gasteiger partial charge in [0.05, 0.1) is 7.11 Å². The maximum Gasteiger partial charge on any atom is 0.162 e. The van der Waals surface area contributed by atoms with Crippen molar-refractivity contribution in [2.75, 3.05) is 39.1 Å². The largest absolute Gasteiger partial charge is 0.493 e. The fourth-order valence-electron chi connectivity index (χ4n) is 1.82.